The fourth-order valence-corrected chi connectivity index (χ4v) is 3.76. The van der Waals surface area contributed by atoms with Gasteiger partial charge in [0.25, 0.3) is 0 Å². The standard InChI is InChI=1S/C20H24N4O/c1-14-16-10-11-18(25)24(13-15-7-3-2-4-8-15)20(16)23-19(22-14)17-9-5-6-12-21-17/h2-4,7-8,17,21H,5-6,9-13H2,1H3/t17-/m1/s1. The van der Waals surface area contributed by atoms with E-state index in [-0.39, 0.29) is 11.9 Å². The molecule has 1 aromatic carbocycles. The quantitative estimate of drug-likeness (QED) is 0.936. The summed E-state index contributed by atoms with van der Waals surface area (Å²) < 4.78 is 0. The lowest BCUT2D eigenvalue weighted by Crippen LogP contribution is -2.37. The first-order chi connectivity index (χ1) is 12.2. The van der Waals surface area contributed by atoms with Gasteiger partial charge in [-0.1, -0.05) is 36.8 Å². The van der Waals surface area contributed by atoms with Crippen molar-refractivity contribution in [3.05, 3.63) is 53.0 Å². The maximum Gasteiger partial charge on any atom is 0.228 e. The molecule has 25 heavy (non-hydrogen) atoms. The Hall–Kier alpha value is -2.27. The van der Waals surface area contributed by atoms with Crippen molar-refractivity contribution < 1.29 is 4.79 Å². The van der Waals surface area contributed by atoms with E-state index in [2.05, 4.69) is 17.4 Å². The average Bonchev–Trinajstić information content (AvgIpc) is 2.65. The number of anilines is 1. The van der Waals surface area contributed by atoms with Gasteiger partial charge in [0.2, 0.25) is 5.91 Å². The second kappa shape index (κ2) is 6.92. The Kier molecular flexibility index (Phi) is 4.49. The lowest BCUT2D eigenvalue weighted by Gasteiger charge is -2.31. The summed E-state index contributed by atoms with van der Waals surface area (Å²) in [7, 11) is 0. The minimum atomic E-state index is 0.150. The number of fused-ring (bicyclic) bond motifs is 1. The van der Waals surface area contributed by atoms with E-state index in [1.807, 2.05) is 30.0 Å². The molecule has 2 aromatic rings. The SMILES string of the molecule is Cc1nc([C@H]2CCCCN2)nc2c1CCC(=O)N2Cc1ccccc1. The number of benzene rings is 1. The van der Waals surface area contributed by atoms with Crippen LogP contribution < -0.4 is 10.2 Å². The number of piperidine rings is 1. The normalized spacial score (nSPS) is 20.4. The van der Waals surface area contributed by atoms with E-state index >= 15 is 0 Å². The number of aryl methyl sites for hydroxylation is 1. The molecule has 2 aliphatic heterocycles. The van der Waals surface area contributed by atoms with E-state index < -0.39 is 0 Å². The summed E-state index contributed by atoms with van der Waals surface area (Å²) in [6.07, 6.45) is 4.74. The van der Waals surface area contributed by atoms with Gasteiger partial charge in [0.05, 0.1) is 12.6 Å². The largest absolute Gasteiger partial charge is 0.307 e. The molecule has 0 unspecified atom stereocenters. The number of hydrogen-bond acceptors (Lipinski definition) is 4. The highest BCUT2D eigenvalue weighted by molar-refractivity contribution is 5.95. The molecule has 0 spiro atoms. The molecule has 5 heteroatoms. The van der Waals surface area contributed by atoms with E-state index in [0.717, 1.165) is 47.8 Å². The number of nitrogens with one attached hydrogen (secondary N) is 1. The Morgan fingerprint density at radius 2 is 2.00 bits per heavy atom. The summed E-state index contributed by atoms with van der Waals surface area (Å²) in [5.41, 5.74) is 3.25. The second-order valence-corrected chi connectivity index (χ2v) is 6.94. The zero-order valence-corrected chi connectivity index (χ0v) is 14.7. The molecule has 2 aliphatic rings. The van der Waals surface area contributed by atoms with Gasteiger partial charge < -0.3 is 5.32 Å². The summed E-state index contributed by atoms with van der Waals surface area (Å²) in [6, 6.07) is 10.3. The van der Waals surface area contributed by atoms with Gasteiger partial charge in [-0.25, -0.2) is 9.97 Å². The molecular formula is C20H24N4O. The molecule has 0 radical (unpaired) electrons. The van der Waals surface area contributed by atoms with E-state index in [4.69, 9.17) is 9.97 Å². The number of aromatic nitrogens is 2. The summed E-state index contributed by atoms with van der Waals surface area (Å²) in [5, 5.41) is 3.52. The Morgan fingerprint density at radius 3 is 2.76 bits per heavy atom. The second-order valence-electron chi connectivity index (χ2n) is 6.94. The average molecular weight is 336 g/mol. The predicted molar refractivity (Wildman–Crippen MR) is 97.3 cm³/mol. The van der Waals surface area contributed by atoms with Gasteiger partial charge in [0.15, 0.2) is 0 Å². The minimum absolute atomic E-state index is 0.150. The van der Waals surface area contributed by atoms with Crippen molar-refractivity contribution in [2.75, 3.05) is 11.4 Å². The molecule has 1 aromatic heterocycles. The first-order valence-corrected chi connectivity index (χ1v) is 9.17. The molecule has 5 nitrogen and oxygen atoms in total. The van der Waals surface area contributed by atoms with E-state index in [9.17, 15) is 4.79 Å². The van der Waals surface area contributed by atoms with Crippen LogP contribution in [0.15, 0.2) is 30.3 Å². The lowest BCUT2D eigenvalue weighted by molar-refractivity contribution is -0.119. The Bertz CT molecular complexity index is 769. The predicted octanol–water partition coefficient (Wildman–Crippen LogP) is 3.08. The van der Waals surface area contributed by atoms with Crippen LogP contribution in [0, 0.1) is 6.92 Å². The fraction of sp³-hybridized carbons (Fsp3) is 0.450. The van der Waals surface area contributed by atoms with Crippen LogP contribution in [0.25, 0.3) is 0 Å². The van der Waals surface area contributed by atoms with Gasteiger partial charge in [-0.3, -0.25) is 9.69 Å². The number of nitrogens with zero attached hydrogens (tertiary/aromatic N) is 3. The van der Waals surface area contributed by atoms with Crippen molar-refractivity contribution in [2.45, 2.75) is 51.6 Å². The van der Waals surface area contributed by atoms with Crippen LogP contribution in [0.3, 0.4) is 0 Å². The van der Waals surface area contributed by atoms with Gasteiger partial charge in [0.1, 0.15) is 11.6 Å². The van der Waals surface area contributed by atoms with Crippen molar-refractivity contribution in [3.8, 4) is 0 Å². The van der Waals surface area contributed by atoms with Gasteiger partial charge >= 0.3 is 0 Å². The fourth-order valence-electron chi connectivity index (χ4n) is 3.76. The van der Waals surface area contributed by atoms with Gasteiger partial charge in [-0.2, -0.15) is 0 Å². The van der Waals surface area contributed by atoms with E-state index in [1.165, 1.54) is 12.8 Å². The highest BCUT2D eigenvalue weighted by atomic mass is 16.2. The van der Waals surface area contributed by atoms with E-state index in [0.29, 0.717) is 13.0 Å². The maximum atomic E-state index is 12.6. The van der Waals surface area contributed by atoms with Gasteiger partial charge in [-0.15, -0.1) is 0 Å². The first-order valence-electron chi connectivity index (χ1n) is 9.17. The van der Waals surface area contributed by atoms with Gasteiger partial charge in [0, 0.05) is 17.7 Å². The Balaban J connectivity index is 1.71. The highest BCUT2D eigenvalue weighted by Gasteiger charge is 2.29. The van der Waals surface area contributed by atoms with E-state index in [1.54, 1.807) is 0 Å². The van der Waals surface area contributed by atoms with Crippen LogP contribution in [0.5, 0.6) is 0 Å². The molecule has 3 heterocycles. The third-order valence-corrected chi connectivity index (χ3v) is 5.16. The molecule has 1 fully saturated rings. The van der Waals surface area contributed by atoms with Crippen molar-refractivity contribution in [2.24, 2.45) is 0 Å². The van der Waals surface area contributed by atoms with Crippen LogP contribution in [0.4, 0.5) is 5.82 Å². The zero-order chi connectivity index (χ0) is 17.2. The summed E-state index contributed by atoms with van der Waals surface area (Å²) in [6.45, 7) is 3.63. The Morgan fingerprint density at radius 1 is 1.16 bits per heavy atom. The number of hydrogen-bond donors (Lipinski definition) is 1. The Labute approximate surface area is 148 Å². The van der Waals surface area contributed by atoms with Crippen LogP contribution >= 0.6 is 0 Å². The van der Waals surface area contributed by atoms with Crippen LogP contribution in [-0.2, 0) is 17.8 Å². The van der Waals surface area contributed by atoms with Crippen LogP contribution in [-0.4, -0.2) is 22.4 Å². The third kappa shape index (κ3) is 3.29. The topological polar surface area (TPSA) is 58.1 Å². The molecule has 0 saturated carbocycles. The molecule has 130 valence electrons. The summed E-state index contributed by atoms with van der Waals surface area (Å²) in [4.78, 5) is 24.1. The molecule has 4 rings (SSSR count). The van der Waals surface area contributed by atoms with Crippen LogP contribution in [0.1, 0.15) is 54.4 Å². The minimum Gasteiger partial charge on any atom is -0.307 e. The van der Waals surface area contributed by atoms with Crippen molar-refractivity contribution in [1.29, 1.82) is 0 Å². The number of carbonyl (C=O) groups excluding carboxylic acids is 1. The number of amides is 1. The number of rotatable bonds is 3. The highest BCUT2D eigenvalue weighted by Crippen LogP contribution is 2.31. The molecule has 0 bridgehead atoms. The molecular weight excluding hydrogens is 312 g/mol. The molecule has 1 N–H and O–H groups in total. The van der Waals surface area contributed by atoms with Crippen LogP contribution in [0.2, 0.25) is 0 Å². The van der Waals surface area contributed by atoms with Crippen molar-refractivity contribution in [3.63, 3.8) is 0 Å². The first kappa shape index (κ1) is 16.2. The smallest absolute Gasteiger partial charge is 0.228 e. The monoisotopic (exact) mass is 336 g/mol. The number of carbonyl (C=O) groups is 1. The molecule has 0 aliphatic carbocycles. The van der Waals surface area contributed by atoms with Crippen molar-refractivity contribution >= 4 is 11.7 Å². The molecule has 1 amide bonds. The molecule has 1 atom stereocenters. The zero-order valence-electron chi connectivity index (χ0n) is 14.7. The van der Waals surface area contributed by atoms with Gasteiger partial charge in [-0.05, 0) is 38.3 Å². The summed E-state index contributed by atoms with van der Waals surface area (Å²) in [5.74, 6) is 1.80. The summed E-state index contributed by atoms with van der Waals surface area (Å²) >= 11 is 0. The molecule has 1 saturated heterocycles. The van der Waals surface area contributed by atoms with Crippen molar-refractivity contribution in [1.82, 2.24) is 15.3 Å². The lowest BCUT2D eigenvalue weighted by atomic mass is 10.0. The third-order valence-electron chi connectivity index (χ3n) is 5.16. The maximum absolute atomic E-state index is 12.6.